The molecule has 0 spiro atoms. The van der Waals surface area contributed by atoms with Crippen LogP contribution in [0.4, 0.5) is 0 Å². The molecule has 1 aliphatic heterocycles. The van der Waals surface area contributed by atoms with Gasteiger partial charge in [0.15, 0.2) is 5.78 Å². The Kier molecular flexibility index (Phi) is 2.75. The number of Topliss-reactive ketones (excluding diaryl/α,β-unsaturated/α-hetero) is 1. The summed E-state index contributed by atoms with van der Waals surface area (Å²) in [5, 5.41) is 0. The third-order valence-electron chi connectivity index (χ3n) is 1.91. The third-order valence-corrected chi connectivity index (χ3v) is 5.94. The van der Waals surface area contributed by atoms with Crippen LogP contribution in [0.25, 0.3) is 0 Å². The Labute approximate surface area is 73.6 Å². The van der Waals surface area contributed by atoms with E-state index in [2.05, 4.69) is 0 Å². The minimum Gasteiger partial charge on any atom is -0.297 e. The molecular weight excluding hydrogens is 180 g/mol. The van der Waals surface area contributed by atoms with Crippen LogP contribution in [-0.4, -0.2) is 25.6 Å². The maximum atomic E-state index is 11.4. The molecule has 1 unspecified atom stereocenters. The Bertz CT molecular complexity index is 203. The van der Waals surface area contributed by atoms with Crippen molar-refractivity contribution >= 4 is 28.3 Å². The number of thioether (sulfide) groups is 1. The minimum atomic E-state index is -0.943. The summed E-state index contributed by atoms with van der Waals surface area (Å²) in [5.41, 5.74) is 0. The molecule has 64 valence electrons. The smallest absolute Gasteiger partial charge is 0.160 e. The molecule has 1 aliphatic rings. The highest BCUT2D eigenvalue weighted by molar-refractivity contribution is 8.16. The van der Waals surface area contributed by atoms with Gasteiger partial charge in [0.25, 0.3) is 0 Å². The second-order valence-electron chi connectivity index (χ2n) is 2.62. The van der Waals surface area contributed by atoms with Crippen LogP contribution in [0.2, 0.25) is 0 Å². The van der Waals surface area contributed by atoms with Gasteiger partial charge in [0.2, 0.25) is 0 Å². The van der Waals surface area contributed by atoms with E-state index in [4.69, 9.17) is 0 Å². The molecule has 0 aromatic rings. The number of carbonyl (C=O) groups is 1. The van der Waals surface area contributed by atoms with E-state index in [0.717, 1.165) is 5.75 Å². The molecule has 0 radical (unpaired) electrons. The zero-order chi connectivity index (χ0) is 8.48. The molecule has 2 nitrogen and oxygen atoms in total. The van der Waals surface area contributed by atoms with Gasteiger partial charge in [0.1, 0.15) is 4.08 Å². The highest BCUT2D eigenvalue weighted by Gasteiger charge is 2.42. The van der Waals surface area contributed by atoms with Crippen LogP contribution in [0, 0.1) is 0 Å². The SMILES string of the molecule is CCC(=O)[C@]1(C)SCCS1=O. The van der Waals surface area contributed by atoms with Crippen LogP contribution >= 0.6 is 11.8 Å². The predicted octanol–water partition coefficient (Wildman–Crippen LogP) is 1.18. The molecule has 0 saturated carbocycles. The summed E-state index contributed by atoms with van der Waals surface area (Å²) in [5.74, 6) is 1.65. The summed E-state index contributed by atoms with van der Waals surface area (Å²) in [4.78, 5) is 11.3. The predicted molar refractivity (Wildman–Crippen MR) is 49.2 cm³/mol. The van der Waals surface area contributed by atoms with Crippen LogP contribution in [-0.2, 0) is 15.6 Å². The first kappa shape index (κ1) is 9.26. The quantitative estimate of drug-likeness (QED) is 0.659. The molecular formula is C7H12O2S2. The number of rotatable bonds is 2. The Morgan fingerprint density at radius 2 is 2.36 bits per heavy atom. The van der Waals surface area contributed by atoms with E-state index in [1.165, 1.54) is 11.8 Å². The number of carbonyl (C=O) groups excluding carboxylic acids is 1. The highest BCUT2D eigenvalue weighted by atomic mass is 32.2. The van der Waals surface area contributed by atoms with E-state index < -0.39 is 14.9 Å². The van der Waals surface area contributed by atoms with Gasteiger partial charge in [0, 0.05) is 28.7 Å². The average Bonchev–Trinajstić information content (AvgIpc) is 2.32. The molecule has 0 aliphatic carbocycles. The maximum Gasteiger partial charge on any atom is 0.160 e. The van der Waals surface area contributed by atoms with Crippen molar-refractivity contribution in [2.45, 2.75) is 24.3 Å². The summed E-state index contributed by atoms with van der Waals surface area (Å²) in [6.07, 6.45) is 0.495. The summed E-state index contributed by atoms with van der Waals surface area (Å²) < 4.78 is 10.8. The van der Waals surface area contributed by atoms with Crippen molar-refractivity contribution < 1.29 is 9.00 Å². The molecule has 1 rings (SSSR count). The normalized spacial score (nSPS) is 37.5. The van der Waals surface area contributed by atoms with Gasteiger partial charge in [-0.3, -0.25) is 9.00 Å². The van der Waals surface area contributed by atoms with E-state index in [1.807, 2.05) is 6.92 Å². The lowest BCUT2D eigenvalue weighted by Crippen LogP contribution is -2.32. The van der Waals surface area contributed by atoms with Crippen molar-refractivity contribution in [3.8, 4) is 0 Å². The Morgan fingerprint density at radius 1 is 1.73 bits per heavy atom. The second-order valence-corrected chi connectivity index (χ2v) is 6.31. The van der Waals surface area contributed by atoms with E-state index in [0.29, 0.717) is 12.2 Å². The highest BCUT2D eigenvalue weighted by Crippen LogP contribution is 2.36. The fraction of sp³-hybridized carbons (Fsp3) is 0.857. The molecule has 0 aromatic carbocycles. The fourth-order valence-corrected chi connectivity index (χ4v) is 4.55. The fourth-order valence-electron chi connectivity index (χ4n) is 1.10. The van der Waals surface area contributed by atoms with Crippen LogP contribution in [0.5, 0.6) is 0 Å². The van der Waals surface area contributed by atoms with Crippen molar-refractivity contribution in [1.82, 2.24) is 0 Å². The van der Waals surface area contributed by atoms with E-state index >= 15 is 0 Å². The van der Waals surface area contributed by atoms with Crippen molar-refractivity contribution in [3.63, 3.8) is 0 Å². The van der Waals surface area contributed by atoms with Gasteiger partial charge in [-0.1, -0.05) is 6.92 Å². The minimum absolute atomic E-state index is 0.123. The van der Waals surface area contributed by atoms with Crippen molar-refractivity contribution in [1.29, 1.82) is 0 Å². The molecule has 11 heavy (non-hydrogen) atoms. The van der Waals surface area contributed by atoms with E-state index in [-0.39, 0.29) is 5.78 Å². The first-order chi connectivity index (χ1) is 5.11. The van der Waals surface area contributed by atoms with Gasteiger partial charge in [-0.15, -0.1) is 11.8 Å². The molecule has 0 aromatic heterocycles. The van der Waals surface area contributed by atoms with Crippen molar-refractivity contribution in [3.05, 3.63) is 0 Å². The number of hydrogen-bond acceptors (Lipinski definition) is 3. The maximum absolute atomic E-state index is 11.4. The summed E-state index contributed by atoms with van der Waals surface area (Å²) >= 11 is 1.54. The van der Waals surface area contributed by atoms with Gasteiger partial charge in [-0.05, 0) is 6.92 Å². The molecule has 1 heterocycles. The molecule has 1 fully saturated rings. The van der Waals surface area contributed by atoms with E-state index in [1.54, 1.807) is 6.92 Å². The molecule has 0 N–H and O–H groups in total. The summed E-state index contributed by atoms with van der Waals surface area (Å²) in [6.45, 7) is 3.62. The molecule has 4 heteroatoms. The van der Waals surface area contributed by atoms with Gasteiger partial charge in [0.05, 0.1) is 0 Å². The second kappa shape index (κ2) is 3.27. The van der Waals surface area contributed by atoms with Crippen molar-refractivity contribution in [2.24, 2.45) is 0 Å². The van der Waals surface area contributed by atoms with Crippen molar-refractivity contribution in [2.75, 3.05) is 11.5 Å². The van der Waals surface area contributed by atoms with Crippen LogP contribution < -0.4 is 0 Å². The molecule has 1 saturated heterocycles. The van der Waals surface area contributed by atoms with Gasteiger partial charge >= 0.3 is 0 Å². The lowest BCUT2D eigenvalue weighted by molar-refractivity contribution is -0.118. The van der Waals surface area contributed by atoms with Gasteiger partial charge < -0.3 is 0 Å². The Hall–Kier alpha value is 0.170. The van der Waals surface area contributed by atoms with Crippen LogP contribution in [0.1, 0.15) is 20.3 Å². The summed E-state index contributed by atoms with van der Waals surface area (Å²) in [7, 11) is -0.943. The molecule has 0 bridgehead atoms. The average molecular weight is 192 g/mol. The zero-order valence-corrected chi connectivity index (χ0v) is 8.39. The lowest BCUT2D eigenvalue weighted by atomic mass is 10.2. The van der Waals surface area contributed by atoms with Gasteiger partial charge in [-0.2, -0.15) is 0 Å². The largest absolute Gasteiger partial charge is 0.297 e. The first-order valence-electron chi connectivity index (χ1n) is 3.67. The summed E-state index contributed by atoms with van der Waals surface area (Å²) in [6, 6.07) is 0. The standard InChI is InChI=1S/C7H12O2S2/c1-3-6(8)7(2)10-4-5-11(7)9/h3-5H2,1-2H3/t7-,11?/m1/s1. The number of hydrogen-bond donors (Lipinski definition) is 0. The first-order valence-corrected chi connectivity index (χ1v) is 5.97. The third kappa shape index (κ3) is 1.51. The Balaban J connectivity index is 2.80. The topological polar surface area (TPSA) is 34.1 Å². The van der Waals surface area contributed by atoms with E-state index in [9.17, 15) is 9.00 Å². The molecule has 2 atom stereocenters. The molecule has 0 amide bonds. The van der Waals surface area contributed by atoms with Gasteiger partial charge in [-0.25, -0.2) is 0 Å². The lowest BCUT2D eigenvalue weighted by Gasteiger charge is -2.18. The zero-order valence-electron chi connectivity index (χ0n) is 6.75. The van der Waals surface area contributed by atoms with Crippen LogP contribution in [0.15, 0.2) is 0 Å². The Morgan fingerprint density at radius 3 is 2.73 bits per heavy atom. The number of ketones is 1. The van der Waals surface area contributed by atoms with Crippen LogP contribution in [0.3, 0.4) is 0 Å². The monoisotopic (exact) mass is 192 g/mol.